The summed E-state index contributed by atoms with van der Waals surface area (Å²) in [5.41, 5.74) is 5.15. The molecule has 0 amide bonds. The Morgan fingerprint density at radius 3 is 2.31 bits per heavy atom. The Bertz CT molecular complexity index is 289. The van der Waals surface area contributed by atoms with Gasteiger partial charge in [0, 0.05) is 0 Å². The number of nitrogens with two attached hydrogens (primary N) is 1. The van der Waals surface area contributed by atoms with Crippen LogP contribution in [0.1, 0.15) is 11.6 Å². The quantitative estimate of drug-likeness (QED) is 0.716. The second kappa shape index (κ2) is 3.15. The van der Waals surface area contributed by atoms with E-state index in [1.807, 2.05) is 0 Å². The number of hydrogen-bond donors (Lipinski definition) is 1. The molecule has 1 aromatic heterocycles. The van der Waals surface area contributed by atoms with Gasteiger partial charge < -0.3 is 5.73 Å². The van der Waals surface area contributed by atoms with Gasteiger partial charge >= 0.3 is 6.18 Å². The van der Waals surface area contributed by atoms with Crippen molar-refractivity contribution in [3.63, 3.8) is 0 Å². The minimum atomic E-state index is -4.32. The van der Waals surface area contributed by atoms with Crippen molar-refractivity contribution in [2.24, 2.45) is 0 Å². The van der Waals surface area contributed by atoms with Gasteiger partial charge in [0.05, 0.1) is 0 Å². The molecule has 0 saturated heterocycles. The zero-order chi connectivity index (χ0) is 10.1. The molecule has 1 rings (SSSR count). The zero-order valence-electron chi connectivity index (χ0n) is 6.76. The molecule has 0 aromatic carbocycles. The average molecular weight is 192 g/mol. The van der Waals surface area contributed by atoms with Crippen LogP contribution in [0.2, 0.25) is 0 Å². The van der Waals surface area contributed by atoms with Crippen molar-refractivity contribution >= 4 is 5.95 Å². The van der Waals surface area contributed by atoms with Crippen molar-refractivity contribution < 1.29 is 13.2 Å². The number of nitrogen functional groups attached to an aromatic ring is 1. The molecule has 0 spiro atoms. The summed E-state index contributed by atoms with van der Waals surface area (Å²) in [6.07, 6.45) is -5.50. The molecule has 0 fully saturated rings. The van der Waals surface area contributed by atoms with Crippen LogP contribution in [0.5, 0.6) is 0 Å². The van der Waals surface area contributed by atoms with E-state index < -0.39 is 12.6 Å². The van der Waals surface area contributed by atoms with Crippen LogP contribution in [0.4, 0.5) is 19.1 Å². The molecule has 0 aliphatic carbocycles. The van der Waals surface area contributed by atoms with Crippen LogP contribution in [0, 0.1) is 6.92 Å². The van der Waals surface area contributed by atoms with E-state index in [9.17, 15) is 13.2 Å². The van der Waals surface area contributed by atoms with Gasteiger partial charge in [-0.2, -0.15) is 23.1 Å². The van der Waals surface area contributed by atoms with Crippen molar-refractivity contribution in [2.75, 3.05) is 5.73 Å². The minimum absolute atomic E-state index is 0.187. The first kappa shape index (κ1) is 9.69. The van der Waals surface area contributed by atoms with E-state index >= 15 is 0 Å². The highest BCUT2D eigenvalue weighted by Crippen LogP contribution is 2.19. The fourth-order valence-corrected chi connectivity index (χ4v) is 0.818. The lowest BCUT2D eigenvalue weighted by molar-refractivity contribution is -0.128. The highest BCUT2D eigenvalue weighted by Gasteiger charge is 2.29. The van der Waals surface area contributed by atoms with Gasteiger partial charge in [0.25, 0.3) is 0 Å². The lowest BCUT2D eigenvalue weighted by Crippen LogP contribution is -2.16. The summed E-state index contributed by atoms with van der Waals surface area (Å²) in [6.45, 7) is 1.46. The zero-order valence-corrected chi connectivity index (χ0v) is 6.76. The number of alkyl halides is 3. The van der Waals surface area contributed by atoms with Crippen LogP contribution in [0.3, 0.4) is 0 Å². The molecule has 1 heterocycles. The normalized spacial score (nSPS) is 11.7. The van der Waals surface area contributed by atoms with Gasteiger partial charge in [0.2, 0.25) is 5.95 Å². The van der Waals surface area contributed by atoms with E-state index in [1.165, 1.54) is 6.92 Å². The van der Waals surface area contributed by atoms with E-state index in [0.717, 1.165) is 0 Å². The fourth-order valence-electron chi connectivity index (χ4n) is 0.818. The maximum atomic E-state index is 11.9. The van der Waals surface area contributed by atoms with Gasteiger partial charge in [-0.3, -0.25) is 0 Å². The summed E-state index contributed by atoms with van der Waals surface area (Å²) < 4.78 is 35.6. The van der Waals surface area contributed by atoms with E-state index in [1.54, 1.807) is 0 Å². The maximum Gasteiger partial charge on any atom is 0.396 e. The summed E-state index contributed by atoms with van der Waals surface area (Å²) in [7, 11) is 0. The summed E-state index contributed by atoms with van der Waals surface area (Å²) in [5.74, 6) is -0.351. The standard InChI is InChI=1S/C6H7F3N4/c1-3-11-4(2-6(7,8)9)13-5(10)12-3/h2H2,1H3,(H2,10,11,12,13). The number of aromatic nitrogens is 3. The molecule has 1 aromatic rings. The van der Waals surface area contributed by atoms with Gasteiger partial charge in [-0.05, 0) is 6.92 Å². The molecule has 7 heteroatoms. The number of nitrogens with zero attached hydrogens (tertiary/aromatic N) is 3. The molecule has 72 valence electrons. The molecule has 0 aliphatic heterocycles. The predicted molar refractivity (Wildman–Crippen MR) is 38.7 cm³/mol. The van der Waals surface area contributed by atoms with Crippen LogP contribution in [0.25, 0.3) is 0 Å². The summed E-state index contributed by atoms with van der Waals surface area (Å²) in [6, 6.07) is 0. The Morgan fingerprint density at radius 1 is 1.23 bits per heavy atom. The third-order valence-electron chi connectivity index (χ3n) is 1.17. The molecule has 2 N–H and O–H groups in total. The van der Waals surface area contributed by atoms with Crippen molar-refractivity contribution in [1.29, 1.82) is 0 Å². The van der Waals surface area contributed by atoms with Crippen LogP contribution < -0.4 is 5.73 Å². The molecule has 13 heavy (non-hydrogen) atoms. The fraction of sp³-hybridized carbons (Fsp3) is 0.500. The van der Waals surface area contributed by atoms with Gasteiger partial charge in [-0.15, -0.1) is 0 Å². The number of halogens is 3. The Kier molecular flexibility index (Phi) is 2.35. The lowest BCUT2D eigenvalue weighted by Gasteiger charge is -2.05. The maximum absolute atomic E-state index is 11.9. The molecule has 0 aliphatic rings. The van der Waals surface area contributed by atoms with E-state index in [0.29, 0.717) is 0 Å². The third-order valence-corrected chi connectivity index (χ3v) is 1.17. The average Bonchev–Trinajstić information content (AvgIpc) is 1.78. The number of hydrogen-bond acceptors (Lipinski definition) is 4. The smallest absolute Gasteiger partial charge is 0.368 e. The van der Waals surface area contributed by atoms with Gasteiger partial charge in [0.1, 0.15) is 18.1 Å². The van der Waals surface area contributed by atoms with Crippen LogP contribution in [-0.2, 0) is 6.42 Å². The first-order valence-corrected chi connectivity index (χ1v) is 3.40. The van der Waals surface area contributed by atoms with Gasteiger partial charge in [0.15, 0.2) is 0 Å². The van der Waals surface area contributed by atoms with Crippen molar-refractivity contribution in [3.8, 4) is 0 Å². The van der Waals surface area contributed by atoms with E-state index in [2.05, 4.69) is 15.0 Å². The topological polar surface area (TPSA) is 64.7 Å². The molecule has 0 atom stereocenters. The van der Waals surface area contributed by atoms with Crippen LogP contribution >= 0.6 is 0 Å². The summed E-state index contributed by atoms with van der Waals surface area (Å²) >= 11 is 0. The first-order chi connectivity index (χ1) is 5.87. The molecule has 0 radical (unpaired) electrons. The second-order valence-electron chi connectivity index (χ2n) is 2.45. The highest BCUT2D eigenvalue weighted by molar-refractivity contribution is 5.15. The molecule has 0 unspecified atom stereocenters. The number of rotatable bonds is 1. The summed E-state index contributed by atoms with van der Waals surface area (Å²) in [4.78, 5) is 10.4. The van der Waals surface area contributed by atoms with Crippen LogP contribution in [-0.4, -0.2) is 21.1 Å². The third kappa shape index (κ3) is 3.22. The molecule has 4 nitrogen and oxygen atoms in total. The highest BCUT2D eigenvalue weighted by atomic mass is 19.4. The van der Waals surface area contributed by atoms with E-state index in [4.69, 9.17) is 5.73 Å². The SMILES string of the molecule is Cc1nc(N)nc(CC(F)(F)F)n1. The van der Waals surface area contributed by atoms with Crippen molar-refractivity contribution in [1.82, 2.24) is 15.0 Å². The molecular formula is C6H7F3N4. The van der Waals surface area contributed by atoms with Crippen molar-refractivity contribution in [3.05, 3.63) is 11.6 Å². The number of anilines is 1. The lowest BCUT2D eigenvalue weighted by atomic mass is 10.4. The summed E-state index contributed by atoms with van der Waals surface area (Å²) in [5, 5.41) is 0. The Hall–Kier alpha value is -1.40. The minimum Gasteiger partial charge on any atom is -0.368 e. The number of aryl methyl sites for hydroxylation is 1. The predicted octanol–water partition coefficient (Wildman–Crippen LogP) is 0.867. The van der Waals surface area contributed by atoms with Crippen molar-refractivity contribution in [2.45, 2.75) is 19.5 Å². The monoisotopic (exact) mass is 192 g/mol. The Balaban J connectivity index is 2.90. The van der Waals surface area contributed by atoms with E-state index in [-0.39, 0.29) is 17.6 Å². The largest absolute Gasteiger partial charge is 0.396 e. The molecular weight excluding hydrogens is 185 g/mol. The molecule has 0 bridgehead atoms. The second-order valence-corrected chi connectivity index (χ2v) is 2.45. The molecule has 0 saturated carbocycles. The Labute approximate surface area is 72.0 Å². The first-order valence-electron chi connectivity index (χ1n) is 3.40. The van der Waals surface area contributed by atoms with Gasteiger partial charge in [-0.1, -0.05) is 0 Å². The van der Waals surface area contributed by atoms with Crippen LogP contribution in [0.15, 0.2) is 0 Å². The Morgan fingerprint density at radius 2 is 1.85 bits per heavy atom. The van der Waals surface area contributed by atoms with Gasteiger partial charge in [-0.25, -0.2) is 4.98 Å².